The largest absolute Gasteiger partial charge is 0.491 e. The second-order valence-corrected chi connectivity index (χ2v) is 12.4. The van der Waals surface area contributed by atoms with Gasteiger partial charge in [0.15, 0.2) is 17.4 Å². The molecule has 2 aliphatic rings. The summed E-state index contributed by atoms with van der Waals surface area (Å²) in [5.41, 5.74) is 3.56. The van der Waals surface area contributed by atoms with E-state index in [0.29, 0.717) is 36.7 Å². The molecule has 46 heavy (non-hydrogen) atoms. The molecule has 0 spiro atoms. The van der Waals surface area contributed by atoms with Gasteiger partial charge in [-0.05, 0) is 56.9 Å². The monoisotopic (exact) mass is 624 g/mol. The number of carbonyl (C=O) groups is 2. The van der Waals surface area contributed by atoms with Crippen molar-refractivity contribution in [2.75, 3.05) is 13.2 Å². The van der Waals surface area contributed by atoms with E-state index in [0.717, 1.165) is 42.5 Å². The van der Waals surface area contributed by atoms with Crippen LogP contribution in [-0.4, -0.2) is 53.2 Å². The van der Waals surface area contributed by atoms with Gasteiger partial charge >= 0.3 is 6.09 Å². The lowest BCUT2D eigenvalue weighted by Crippen LogP contribution is -2.38. The number of rotatable bonds is 13. The van der Waals surface area contributed by atoms with Gasteiger partial charge in [0.1, 0.15) is 11.6 Å². The van der Waals surface area contributed by atoms with Crippen LogP contribution in [-0.2, 0) is 22.4 Å². The van der Waals surface area contributed by atoms with Crippen LogP contribution in [0.5, 0.6) is 5.75 Å². The van der Waals surface area contributed by atoms with Crippen LogP contribution in [0.4, 0.5) is 9.18 Å². The van der Waals surface area contributed by atoms with E-state index in [4.69, 9.17) is 19.5 Å². The Balaban J connectivity index is 1.15. The smallest absolute Gasteiger partial charge is 0.407 e. The van der Waals surface area contributed by atoms with Crippen LogP contribution in [0.2, 0.25) is 0 Å². The zero-order valence-electron chi connectivity index (χ0n) is 26.7. The first kappa shape index (κ1) is 32.6. The lowest BCUT2D eigenvalue weighted by molar-refractivity contribution is -0.125. The number of unbranched alkanes of at least 4 members (excludes halogenated alkanes) is 3. The number of ether oxygens (including phenoxy) is 2. The number of alkyl carbamates (subject to hydrolysis) is 1. The fraction of sp³-hybridized carbons (Fsp3) is 0.351. The van der Waals surface area contributed by atoms with Crippen molar-refractivity contribution in [3.8, 4) is 5.75 Å². The normalized spacial score (nSPS) is 15.9. The summed E-state index contributed by atoms with van der Waals surface area (Å²) < 4.78 is 25.9. The van der Waals surface area contributed by atoms with Gasteiger partial charge in [0, 0.05) is 31.1 Å². The van der Waals surface area contributed by atoms with Gasteiger partial charge in [0.25, 0.3) is 5.91 Å². The first-order valence-corrected chi connectivity index (χ1v) is 15.8. The molecular formula is C37H41FN4O4. The fourth-order valence-electron chi connectivity index (χ4n) is 5.28. The molecule has 1 unspecified atom stereocenters. The Morgan fingerprint density at radius 2 is 1.65 bits per heavy atom. The van der Waals surface area contributed by atoms with E-state index < -0.39 is 23.6 Å². The molecule has 0 radical (unpaired) electrons. The zero-order valence-corrected chi connectivity index (χ0v) is 26.7. The summed E-state index contributed by atoms with van der Waals surface area (Å²) >= 11 is 0. The van der Waals surface area contributed by atoms with Crippen LogP contribution in [0.1, 0.15) is 63.1 Å². The molecule has 3 aromatic rings. The SMILES string of the molecule is CC(C)(C)OC(=O)NCCCCCCOc1ccc(CC2N=C3C(Cc4ccccc4)=NC(c4ccccc4)=CN3C2=O)cc1F. The number of fused-ring (bicyclic) bond motifs is 1. The minimum absolute atomic E-state index is 0.161. The number of benzene rings is 3. The Kier molecular flexibility index (Phi) is 10.6. The van der Waals surface area contributed by atoms with Crippen molar-refractivity contribution in [1.29, 1.82) is 0 Å². The first-order chi connectivity index (χ1) is 22.2. The van der Waals surface area contributed by atoms with E-state index in [-0.39, 0.29) is 18.1 Å². The van der Waals surface area contributed by atoms with Gasteiger partial charge in [0.2, 0.25) is 0 Å². The molecule has 5 rings (SSSR count). The van der Waals surface area contributed by atoms with Crippen molar-refractivity contribution in [2.45, 2.75) is 70.9 Å². The Hall–Kier alpha value is -4.79. The van der Waals surface area contributed by atoms with Crippen LogP contribution in [0.15, 0.2) is 95.0 Å². The number of nitrogens with one attached hydrogen (secondary N) is 1. The summed E-state index contributed by atoms with van der Waals surface area (Å²) in [5.74, 6) is 0.0996. The van der Waals surface area contributed by atoms with E-state index in [1.54, 1.807) is 23.2 Å². The lowest BCUT2D eigenvalue weighted by Gasteiger charge is -2.22. The van der Waals surface area contributed by atoms with Gasteiger partial charge in [-0.3, -0.25) is 14.7 Å². The Morgan fingerprint density at radius 1 is 0.935 bits per heavy atom. The molecule has 2 aliphatic heterocycles. The van der Waals surface area contributed by atoms with Crippen LogP contribution in [0.3, 0.4) is 0 Å². The summed E-state index contributed by atoms with van der Waals surface area (Å²) in [7, 11) is 0. The second kappa shape index (κ2) is 15.0. The Morgan fingerprint density at radius 3 is 2.37 bits per heavy atom. The lowest BCUT2D eigenvalue weighted by atomic mass is 10.0. The molecule has 1 N–H and O–H groups in total. The van der Waals surface area contributed by atoms with Crippen LogP contribution in [0, 0.1) is 5.82 Å². The van der Waals surface area contributed by atoms with Crippen LogP contribution in [0.25, 0.3) is 5.70 Å². The molecule has 0 bridgehead atoms. The summed E-state index contributed by atoms with van der Waals surface area (Å²) in [5, 5.41) is 2.75. The van der Waals surface area contributed by atoms with Crippen molar-refractivity contribution in [3.63, 3.8) is 0 Å². The number of hydrogen-bond acceptors (Lipinski definition) is 6. The van der Waals surface area contributed by atoms with E-state index in [1.165, 1.54) is 6.07 Å². The maximum atomic E-state index is 15.0. The number of amides is 2. The highest BCUT2D eigenvalue weighted by Crippen LogP contribution is 2.28. The molecule has 0 aromatic heterocycles. The molecule has 9 heteroatoms. The van der Waals surface area contributed by atoms with E-state index in [9.17, 15) is 14.0 Å². The third kappa shape index (κ3) is 8.90. The van der Waals surface area contributed by atoms with Crippen LogP contribution < -0.4 is 10.1 Å². The van der Waals surface area contributed by atoms with Crippen LogP contribution >= 0.6 is 0 Å². The molecule has 3 aromatic carbocycles. The quantitative estimate of drug-likeness (QED) is 0.205. The molecular weight excluding hydrogens is 583 g/mol. The highest BCUT2D eigenvalue weighted by Gasteiger charge is 2.38. The average molecular weight is 625 g/mol. The van der Waals surface area contributed by atoms with Gasteiger partial charge in [0.05, 0.1) is 18.0 Å². The van der Waals surface area contributed by atoms with E-state index in [2.05, 4.69) is 5.32 Å². The highest BCUT2D eigenvalue weighted by atomic mass is 19.1. The molecule has 0 fully saturated rings. The minimum atomic E-state index is -0.682. The number of amidine groups is 1. The Labute approximate surface area is 270 Å². The fourth-order valence-corrected chi connectivity index (χ4v) is 5.28. The number of nitrogens with zero attached hydrogens (tertiary/aromatic N) is 3. The van der Waals surface area contributed by atoms with Crippen molar-refractivity contribution in [2.24, 2.45) is 9.98 Å². The molecule has 8 nitrogen and oxygen atoms in total. The highest BCUT2D eigenvalue weighted by molar-refractivity contribution is 6.47. The molecule has 240 valence electrons. The maximum Gasteiger partial charge on any atom is 0.407 e. The van der Waals surface area contributed by atoms with Gasteiger partial charge in [-0.25, -0.2) is 14.2 Å². The summed E-state index contributed by atoms with van der Waals surface area (Å²) in [6.07, 6.45) is 5.54. The zero-order chi connectivity index (χ0) is 32.5. The van der Waals surface area contributed by atoms with Crippen molar-refractivity contribution < 1.29 is 23.5 Å². The second-order valence-electron chi connectivity index (χ2n) is 12.4. The van der Waals surface area contributed by atoms with E-state index in [1.807, 2.05) is 81.4 Å². The van der Waals surface area contributed by atoms with Crippen molar-refractivity contribution in [3.05, 3.63) is 108 Å². The molecule has 2 amide bonds. The summed E-state index contributed by atoms with van der Waals surface area (Å²) in [6.45, 7) is 6.42. The molecule has 0 saturated heterocycles. The van der Waals surface area contributed by atoms with Gasteiger partial charge in [-0.2, -0.15) is 0 Å². The van der Waals surface area contributed by atoms with Crippen molar-refractivity contribution in [1.82, 2.24) is 10.2 Å². The predicted octanol–water partition coefficient (Wildman–Crippen LogP) is 7.14. The molecule has 0 aliphatic carbocycles. The van der Waals surface area contributed by atoms with Gasteiger partial charge < -0.3 is 14.8 Å². The van der Waals surface area contributed by atoms with E-state index >= 15 is 0 Å². The number of aliphatic imine (C=N–C) groups is 2. The summed E-state index contributed by atoms with van der Waals surface area (Å²) in [4.78, 5) is 36.6. The average Bonchev–Trinajstić information content (AvgIpc) is 3.34. The van der Waals surface area contributed by atoms with Gasteiger partial charge in [-0.15, -0.1) is 0 Å². The maximum absolute atomic E-state index is 15.0. The summed E-state index contributed by atoms with van der Waals surface area (Å²) in [6, 6.07) is 23.9. The molecule has 0 saturated carbocycles. The third-order valence-corrected chi connectivity index (χ3v) is 7.50. The number of hydrogen-bond donors (Lipinski definition) is 1. The predicted molar refractivity (Wildman–Crippen MR) is 178 cm³/mol. The topological polar surface area (TPSA) is 92.6 Å². The standard InChI is InChI=1S/C37H41FN4O4/c1-37(2,3)46-36(44)39-20-12-4-5-13-21-45-33-19-18-27(22-29(33)38)24-31-35(43)42-25-32(28-16-10-7-11-17-28)40-30(34(42)41-31)23-26-14-8-6-9-15-26/h6-11,14-19,22,25,31H,4-5,12-13,20-21,23-24H2,1-3H3,(H,39,44). The number of carbonyl (C=O) groups excluding carboxylic acids is 2. The Bertz CT molecular complexity index is 1610. The third-order valence-electron chi connectivity index (χ3n) is 7.50. The van der Waals surface area contributed by atoms with Crippen molar-refractivity contribution >= 4 is 29.2 Å². The molecule has 2 heterocycles. The first-order valence-electron chi connectivity index (χ1n) is 15.8. The molecule has 1 atom stereocenters. The number of halogens is 1. The van der Waals surface area contributed by atoms with Gasteiger partial charge in [-0.1, -0.05) is 79.6 Å². The minimum Gasteiger partial charge on any atom is -0.491 e.